The highest BCUT2D eigenvalue weighted by atomic mass is 35.5. The fraction of sp³-hybridized carbons (Fsp3) is 0.833. The molecule has 1 aliphatic rings. The highest BCUT2D eigenvalue weighted by molar-refractivity contribution is 5.87. The number of nitrogens with two attached hydrogens (primary N) is 1. The predicted molar refractivity (Wildman–Crippen MR) is 73.5 cm³/mol. The zero-order chi connectivity index (χ0) is 12.8. The predicted octanol–water partition coefficient (Wildman–Crippen LogP) is 0.520. The average molecular weight is 278 g/mol. The molecule has 6 heteroatoms. The van der Waals surface area contributed by atoms with Crippen LogP contribution < -0.4 is 11.1 Å². The second kappa shape index (κ2) is 8.32. The number of nitrogens with zero attached hydrogens (tertiary/aromatic N) is 1. The minimum absolute atomic E-state index is 0. The lowest BCUT2D eigenvalue weighted by Gasteiger charge is -2.27. The largest absolute Gasteiger partial charge is 0.346 e. The maximum absolute atomic E-state index is 11.8. The van der Waals surface area contributed by atoms with Crippen LogP contribution in [0.4, 0.5) is 0 Å². The number of rotatable bonds is 4. The molecule has 18 heavy (non-hydrogen) atoms. The van der Waals surface area contributed by atoms with Crippen molar-refractivity contribution in [1.29, 1.82) is 0 Å². The van der Waals surface area contributed by atoms with Gasteiger partial charge in [0.15, 0.2) is 0 Å². The Morgan fingerprint density at radius 1 is 1.22 bits per heavy atom. The molecule has 0 aliphatic carbocycles. The van der Waals surface area contributed by atoms with Crippen LogP contribution >= 0.6 is 12.4 Å². The van der Waals surface area contributed by atoms with Crippen molar-refractivity contribution in [3.63, 3.8) is 0 Å². The van der Waals surface area contributed by atoms with Crippen molar-refractivity contribution in [2.24, 2.45) is 11.7 Å². The molecule has 1 saturated heterocycles. The maximum atomic E-state index is 11.8. The summed E-state index contributed by atoms with van der Waals surface area (Å²) in [4.78, 5) is 25.1. The summed E-state index contributed by atoms with van der Waals surface area (Å²) in [5, 5.41) is 2.61. The second-order valence-corrected chi connectivity index (χ2v) is 4.93. The third-order valence-corrected chi connectivity index (χ3v) is 3.14. The summed E-state index contributed by atoms with van der Waals surface area (Å²) in [7, 11) is 0. The number of hydrogen-bond donors (Lipinski definition) is 2. The van der Waals surface area contributed by atoms with Crippen molar-refractivity contribution in [2.45, 2.75) is 39.2 Å². The lowest BCUT2D eigenvalue weighted by Crippen LogP contribution is -2.48. The molecule has 0 aromatic rings. The molecule has 1 aliphatic heterocycles. The Balaban J connectivity index is 0.00000289. The number of amides is 2. The van der Waals surface area contributed by atoms with E-state index in [4.69, 9.17) is 5.73 Å². The second-order valence-electron chi connectivity index (χ2n) is 4.93. The molecule has 1 rings (SSSR count). The van der Waals surface area contributed by atoms with Gasteiger partial charge in [0.1, 0.15) is 0 Å². The first-order valence-corrected chi connectivity index (χ1v) is 6.33. The maximum Gasteiger partial charge on any atom is 0.241 e. The average Bonchev–Trinajstić information content (AvgIpc) is 2.35. The molecular formula is C12H24ClN3O2. The van der Waals surface area contributed by atoms with E-state index >= 15 is 0 Å². The zero-order valence-electron chi connectivity index (χ0n) is 11.1. The van der Waals surface area contributed by atoms with Crippen LogP contribution in [0.1, 0.15) is 33.1 Å². The molecule has 0 spiro atoms. The van der Waals surface area contributed by atoms with E-state index in [2.05, 4.69) is 5.32 Å². The number of likely N-dealkylation sites (tertiary alicyclic amines) is 1. The van der Waals surface area contributed by atoms with Crippen molar-refractivity contribution >= 4 is 24.2 Å². The number of nitrogens with one attached hydrogen (secondary N) is 1. The van der Waals surface area contributed by atoms with Gasteiger partial charge in [0.05, 0.1) is 12.6 Å². The number of carbonyl (C=O) groups is 2. The molecule has 1 fully saturated rings. The highest BCUT2D eigenvalue weighted by Crippen LogP contribution is 2.08. The van der Waals surface area contributed by atoms with Crippen LogP contribution in [0.5, 0.6) is 0 Å². The van der Waals surface area contributed by atoms with Gasteiger partial charge >= 0.3 is 0 Å². The first kappa shape index (κ1) is 17.2. The summed E-state index contributed by atoms with van der Waals surface area (Å²) in [6.07, 6.45) is 3.31. The van der Waals surface area contributed by atoms with Gasteiger partial charge in [-0.2, -0.15) is 0 Å². The first-order valence-electron chi connectivity index (χ1n) is 6.33. The van der Waals surface area contributed by atoms with Crippen molar-refractivity contribution in [2.75, 3.05) is 19.6 Å². The molecule has 0 radical (unpaired) electrons. The highest BCUT2D eigenvalue weighted by Gasteiger charge is 2.20. The smallest absolute Gasteiger partial charge is 0.241 e. The summed E-state index contributed by atoms with van der Waals surface area (Å²) >= 11 is 0. The normalized spacial score (nSPS) is 17.0. The number of halogens is 1. The van der Waals surface area contributed by atoms with Gasteiger partial charge in [0.25, 0.3) is 0 Å². The van der Waals surface area contributed by atoms with Crippen molar-refractivity contribution in [3.05, 3.63) is 0 Å². The van der Waals surface area contributed by atoms with Gasteiger partial charge in [-0.15, -0.1) is 12.4 Å². The number of piperidine rings is 1. The molecule has 0 bridgehead atoms. The Hall–Kier alpha value is -0.810. The van der Waals surface area contributed by atoms with Crippen molar-refractivity contribution < 1.29 is 9.59 Å². The minimum Gasteiger partial charge on any atom is -0.346 e. The number of hydrogen-bond acceptors (Lipinski definition) is 3. The van der Waals surface area contributed by atoms with E-state index in [0.29, 0.717) is 0 Å². The molecule has 3 N–H and O–H groups in total. The van der Waals surface area contributed by atoms with Gasteiger partial charge in [0, 0.05) is 13.1 Å². The third-order valence-electron chi connectivity index (χ3n) is 3.14. The molecule has 0 aromatic heterocycles. The Kier molecular flexibility index (Phi) is 7.95. The van der Waals surface area contributed by atoms with E-state index in [-0.39, 0.29) is 36.7 Å². The quantitative estimate of drug-likeness (QED) is 0.787. The fourth-order valence-electron chi connectivity index (χ4n) is 1.84. The zero-order valence-corrected chi connectivity index (χ0v) is 12.0. The number of carbonyl (C=O) groups excluding carboxylic acids is 2. The molecule has 0 saturated carbocycles. The Bertz CT molecular complexity index is 278. The fourth-order valence-corrected chi connectivity index (χ4v) is 1.84. The molecular weight excluding hydrogens is 254 g/mol. The lowest BCUT2D eigenvalue weighted by molar-refractivity contribution is -0.134. The van der Waals surface area contributed by atoms with Crippen molar-refractivity contribution in [3.8, 4) is 0 Å². The Morgan fingerprint density at radius 2 is 1.78 bits per heavy atom. The Labute approximate surface area is 115 Å². The van der Waals surface area contributed by atoms with Crippen LogP contribution in [0, 0.1) is 5.92 Å². The first-order chi connectivity index (χ1) is 8.02. The molecule has 2 amide bonds. The van der Waals surface area contributed by atoms with Crippen LogP contribution in [-0.2, 0) is 9.59 Å². The van der Waals surface area contributed by atoms with Crippen molar-refractivity contribution in [1.82, 2.24) is 10.2 Å². The Morgan fingerprint density at radius 3 is 2.28 bits per heavy atom. The summed E-state index contributed by atoms with van der Waals surface area (Å²) in [6.45, 7) is 5.46. The molecule has 1 heterocycles. The van der Waals surface area contributed by atoms with Gasteiger partial charge in [-0.05, 0) is 25.2 Å². The van der Waals surface area contributed by atoms with E-state index < -0.39 is 6.04 Å². The van der Waals surface area contributed by atoms with E-state index in [1.54, 1.807) is 0 Å². The van der Waals surface area contributed by atoms with Crippen LogP contribution in [0.2, 0.25) is 0 Å². The third kappa shape index (κ3) is 5.23. The summed E-state index contributed by atoms with van der Waals surface area (Å²) in [5.41, 5.74) is 5.69. The van der Waals surface area contributed by atoms with Gasteiger partial charge in [-0.25, -0.2) is 0 Å². The standard InChI is InChI=1S/C12H23N3O2.ClH/c1-9(2)11(13)12(17)14-8-10(16)15-6-4-3-5-7-15;/h9,11H,3-8,13H2,1-2H3,(H,14,17);1H/t11-;/m1./s1. The topological polar surface area (TPSA) is 75.4 Å². The SMILES string of the molecule is CC(C)[C@@H](N)C(=O)NCC(=O)N1CCCCC1.Cl. The van der Waals surface area contributed by atoms with Gasteiger partial charge in [-0.3, -0.25) is 9.59 Å². The lowest BCUT2D eigenvalue weighted by atomic mass is 10.1. The molecule has 106 valence electrons. The van der Waals surface area contributed by atoms with Gasteiger partial charge in [-0.1, -0.05) is 13.8 Å². The summed E-state index contributed by atoms with van der Waals surface area (Å²) in [5.74, 6) is -0.167. The van der Waals surface area contributed by atoms with Crippen LogP contribution in [0.3, 0.4) is 0 Å². The van der Waals surface area contributed by atoms with E-state index in [0.717, 1.165) is 25.9 Å². The van der Waals surface area contributed by atoms with Crippen LogP contribution in [0.25, 0.3) is 0 Å². The van der Waals surface area contributed by atoms with E-state index in [1.165, 1.54) is 6.42 Å². The van der Waals surface area contributed by atoms with Gasteiger partial charge < -0.3 is 16.0 Å². The molecule has 0 aromatic carbocycles. The van der Waals surface area contributed by atoms with E-state index in [9.17, 15) is 9.59 Å². The van der Waals surface area contributed by atoms with Crippen LogP contribution in [-0.4, -0.2) is 42.4 Å². The minimum atomic E-state index is -0.538. The van der Waals surface area contributed by atoms with Crippen LogP contribution in [0.15, 0.2) is 0 Å². The summed E-state index contributed by atoms with van der Waals surface area (Å²) in [6, 6.07) is -0.538. The summed E-state index contributed by atoms with van der Waals surface area (Å²) < 4.78 is 0. The van der Waals surface area contributed by atoms with E-state index in [1.807, 2.05) is 18.7 Å². The monoisotopic (exact) mass is 277 g/mol. The molecule has 0 unspecified atom stereocenters. The molecule has 5 nitrogen and oxygen atoms in total. The molecule has 1 atom stereocenters. The van der Waals surface area contributed by atoms with Gasteiger partial charge in [0.2, 0.25) is 11.8 Å².